The highest BCUT2D eigenvalue weighted by Gasteiger charge is 2.25. The summed E-state index contributed by atoms with van der Waals surface area (Å²) in [4.78, 5) is 39.9. The monoisotopic (exact) mass is 473 g/mol. The van der Waals surface area contributed by atoms with Crippen LogP contribution in [0, 0.1) is 19.7 Å². The van der Waals surface area contributed by atoms with Gasteiger partial charge in [0.25, 0.3) is 17.7 Å². The third-order valence-corrected chi connectivity index (χ3v) is 6.28. The van der Waals surface area contributed by atoms with E-state index in [4.69, 9.17) is 0 Å². The van der Waals surface area contributed by atoms with Crippen LogP contribution in [0.5, 0.6) is 0 Å². The minimum absolute atomic E-state index is 0.00328. The van der Waals surface area contributed by atoms with Gasteiger partial charge in [0.05, 0.1) is 5.56 Å². The summed E-state index contributed by atoms with van der Waals surface area (Å²) in [5.74, 6) is -1.43. The standard InChI is InChI=1S/C28H28FN3O3/c1-18-7-10-20(11-8-18)28(35)32-15-13-22(14-16-32)30-26(33)21-12-9-19(2)25(17-21)31-27(34)23-5-3-4-6-24(23)29/h3-12,17,22H,13-16H2,1-2H3,(H,30,33)(H,31,34). The highest BCUT2D eigenvalue weighted by molar-refractivity contribution is 6.05. The Morgan fingerprint density at radius 1 is 0.857 bits per heavy atom. The van der Waals surface area contributed by atoms with E-state index in [1.807, 2.05) is 36.1 Å². The molecule has 0 unspecified atom stereocenters. The van der Waals surface area contributed by atoms with Crippen LogP contribution < -0.4 is 10.6 Å². The Hall–Kier alpha value is -4.00. The lowest BCUT2D eigenvalue weighted by Gasteiger charge is -2.32. The molecule has 1 fully saturated rings. The smallest absolute Gasteiger partial charge is 0.258 e. The summed E-state index contributed by atoms with van der Waals surface area (Å²) < 4.78 is 14.0. The number of anilines is 1. The third kappa shape index (κ3) is 5.74. The number of likely N-dealkylation sites (tertiary alicyclic amines) is 1. The average Bonchev–Trinajstić information content (AvgIpc) is 2.86. The SMILES string of the molecule is Cc1ccc(C(=O)N2CCC(NC(=O)c3ccc(C)c(NC(=O)c4ccccc4F)c3)CC2)cc1. The summed E-state index contributed by atoms with van der Waals surface area (Å²) in [6.45, 7) is 4.92. The molecule has 0 aromatic heterocycles. The molecule has 3 aromatic rings. The summed E-state index contributed by atoms with van der Waals surface area (Å²) >= 11 is 0. The average molecular weight is 474 g/mol. The maximum Gasteiger partial charge on any atom is 0.258 e. The number of benzene rings is 3. The predicted octanol–water partition coefficient (Wildman–Crippen LogP) is 4.73. The highest BCUT2D eigenvalue weighted by atomic mass is 19.1. The van der Waals surface area contributed by atoms with E-state index in [-0.39, 0.29) is 23.4 Å². The number of carbonyl (C=O) groups is 3. The van der Waals surface area contributed by atoms with Crippen LogP contribution in [0.1, 0.15) is 55.0 Å². The number of hydrogen-bond acceptors (Lipinski definition) is 3. The Morgan fingerprint density at radius 3 is 2.20 bits per heavy atom. The van der Waals surface area contributed by atoms with Crippen molar-refractivity contribution >= 4 is 23.4 Å². The minimum Gasteiger partial charge on any atom is -0.349 e. The largest absolute Gasteiger partial charge is 0.349 e. The fourth-order valence-corrected chi connectivity index (χ4v) is 4.11. The molecule has 0 bridgehead atoms. The molecule has 4 rings (SSSR count). The quantitative estimate of drug-likeness (QED) is 0.562. The van der Waals surface area contributed by atoms with Gasteiger partial charge in [-0.25, -0.2) is 4.39 Å². The first-order valence-electron chi connectivity index (χ1n) is 11.6. The van der Waals surface area contributed by atoms with E-state index in [2.05, 4.69) is 10.6 Å². The number of hydrogen-bond donors (Lipinski definition) is 2. The fourth-order valence-electron chi connectivity index (χ4n) is 4.11. The number of carbonyl (C=O) groups excluding carboxylic acids is 3. The number of amides is 3. The van der Waals surface area contributed by atoms with E-state index in [0.717, 1.165) is 11.1 Å². The number of halogens is 1. The van der Waals surface area contributed by atoms with Crippen molar-refractivity contribution in [1.29, 1.82) is 0 Å². The van der Waals surface area contributed by atoms with Crippen LogP contribution in [0.25, 0.3) is 0 Å². The van der Waals surface area contributed by atoms with Crippen molar-refractivity contribution in [1.82, 2.24) is 10.2 Å². The minimum atomic E-state index is -0.608. The van der Waals surface area contributed by atoms with Crippen LogP contribution in [-0.2, 0) is 0 Å². The Balaban J connectivity index is 1.35. The summed E-state index contributed by atoms with van der Waals surface area (Å²) in [7, 11) is 0. The van der Waals surface area contributed by atoms with Gasteiger partial charge in [0.2, 0.25) is 0 Å². The van der Waals surface area contributed by atoms with Crippen LogP contribution in [0.3, 0.4) is 0 Å². The van der Waals surface area contributed by atoms with Crippen molar-refractivity contribution in [2.75, 3.05) is 18.4 Å². The van der Waals surface area contributed by atoms with Gasteiger partial charge in [-0.15, -0.1) is 0 Å². The number of nitrogens with zero attached hydrogens (tertiary/aromatic N) is 1. The van der Waals surface area contributed by atoms with Crippen molar-refractivity contribution in [3.05, 3.63) is 100 Å². The molecule has 1 aliphatic rings. The lowest BCUT2D eigenvalue weighted by Crippen LogP contribution is -2.46. The molecule has 0 spiro atoms. The zero-order valence-electron chi connectivity index (χ0n) is 19.8. The second-order valence-electron chi connectivity index (χ2n) is 8.87. The summed E-state index contributed by atoms with van der Waals surface area (Å²) in [5.41, 5.74) is 3.32. The van der Waals surface area contributed by atoms with E-state index < -0.39 is 11.7 Å². The van der Waals surface area contributed by atoms with Crippen molar-refractivity contribution in [2.24, 2.45) is 0 Å². The van der Waals surface area contributed by atoms with Gasteiger partial charge in [0.1, 0.15) is 5.82 Å². The molecule has 35 heavy (non-hydrogen) atoms. The van der Waals surface area contributed by atoms with Crippen LogP contribution in [-0.4, -0.2) is 41.8 Å². The Morgan fingerprint density at radius 2 is 1.51 bits per heavy atom. The Kier molecular flexibility index (Phi) is 7.25. The van der Waals surface area contributed by atoms with Crippen molar-refractivity contribution in [2.45, 2.75) is 32.7 Å². The third-order valence-electron chi connectivity index (χ3n) is 6.28. The van der Waals surface area contributed by atoms with Gasteiger partial charge in [-0.05, 0) is 68.7 Å². The number of rotatable bonds is 5. The van der Waals surface area contributed by atoms with Crippen molar-refractivity contribution < 1.29 is 18.8 Å². The second kappa shape index (κ2) is 10.5. The van der Waals surface area contributed by atoms with Crippen molar-refractivity contribution in [3.8, 4) is 0 Å². The molecule has 1 saturated heterocycles. The lowest BCUT2D eigenvalue weighted by atomic mass is 10.0. The van der Waals surface area contributed by atoms with E-state index in [0.29, 0.717) is 42.7 Å². The molecule has 180 valence electrons. The Bertz CT molecular complexity index is 1250. The lowest BCUT2D eigenvalue weighted by molar-refractivity contribution is 0.0697. The van der Waals surface area contributed by atoms with E-state index in [9.17, 15) is 18.8 Å². The van der Waals surface area contributed by atoms with E-state index in [1.165, 1.54) is 18.2 Å². The topological polar surface area (TPSA) is 78.5 Å². The fraction of sp³-hybridized carbons (Fsp3) is 0.250. The molecule has 0 atom stereocenters. The van der Waals surface area contributed by atoms with E-state index >= 15 is 0 Å². The summed E-state index contributed by atoms with van der Waals surface area (Å²) in [6.07, 6.45) is 1.32. The molecule has 1 aliphatic heterocycles. The maximum absolute atomic E-state index is 14.0. The molecular weight excluding hydrogens is 445 g/mol. The first kappa shape index (κ1) is 24.1. The van der Waals surface area contributed by atoms with Crippen LogP contribution in [0.15, 0.2) is 66.7 Å². The van der Waals surface area contributed by atoms with Gasteiger partial charge in [0.15, 0.2) is 0 Å². The molecule has 2 N–H and O–H groups in total. The zero-order valence-corrected chi connectivity index (χ0v) is 19.8. The molecule has 0 aliphatic carbocycles. The van der Waals surface area contributed by atoms with Crippen LogP contribution in [0.4, 0.5) is 10.1 Å². The molecule has 1 heterocycles. The molecule has 3 aromatic carbocycles. The van der Waals surface area contributed by atoms with Crippen molar-refractivity contribution in [3.63, 3.8) is 0 Å². The van der Waals surface area contributed by atoms with Crippen LogP contribution >= 0.6 is 0 Å². The Labute approximate surface area is 204 Å². The summed E-state index contributed by atoms with van der Waals surface area (Å²) in [5, 5.41) is 5.73. The maximum atomic E-state index is 14.0. The molecule has 0 radical (unpaired) electrons. The predicted molar refractivity (Wildman–Crippen MR) is 133 cm³/mol. The number of piperidine rings is 1. The molecular formula is C28H28FN3O3. The number of nitrogens with one attached hydrogen (secondary N) is 2. The van der Waals surface area contributed by atoms with E-state index in [1.54, 1.807) is 31.2 Å². The molecule has 7 heteroatoms. The first-order valence-corrected chi connectivity index (χ1v) is 11.6. The van der Waals surface area contributed by atoms with Gasteiger partial charge in [-0.1, -0.05) is 35.9 Å². The molecule has 6 nitrogen and oxygen atoms in total. The number of aryl methyl sites for hydroxylation is 2. The zero-order chi connectivity index (χ0) is 24.9. The normalized spacial score (nSPS) is 13.9. The van der Waals surface area contributed by atoms with Gasteiger partial charge in [-0.2, -0.15) is 0 Å². The van der Waals surface area contributed by atoms with Gasteiger partial charge < -0.3 is 15.5 Å². The molecule has 3 amide bonds. The van der Waals surface area contributed by atoms with Gasteiger partial charge in [0, 0.05) is 35.9 Å². The van der Waals surface area contributed by atoms with Gasteiger partial charge in [-0.3, -0.25) is 14.4 Å². The van der Waals surface area contributed by atoms with Crippen LogP contribution in [0.2, 0.25) is 0 Å². The summed E-state index contributed by atoms with van der Waals surface area (Å²) in [6, 6.07) is 18.3. The molecule has 0 saturated carbocycles. The highest BCUT2D eigenvalue weighted by Crippen LogP contribution is 2.20. The second-order valence-corrected chi connectivity index (χ2v) is 8.87. The van der Waals surface area contributed by atoms with Gasteiger partial charge >= 0.3 is 0 Å². The first-order chi connectivity index (χ1) is 16.8.